The van der Waals surface area contributed by atoms with E-state index >= 15 is 0 Å². The van der Waals surface area contributed by atoms with Crippen LogP contribution in [-0.2, 0) is 5.75 Å². The van der Waals surface area contributed by atoms with Gasteiger partial charge in [-0.25, -0.2) is 0 Å². The molecule has 0 N–H and O–H groups in total. The Kier molecular flexibility index (Phi) is 4.68. The molecule has 0 fully saturated rings. The summed E-state index contributed by atoms with van der Waals surface area (Å²) < 4.78 is 7.37. The smallest absolute Gasteiger partial charge is 0.247 e. The number of thioether (sulfide) groups is 1. The number of hydrogen-bond acceptors (Lipinski definition) is 7. The molecule has 0 bridgehead atoms. The predicted octanol–water partition coefficient (Wildman–Crippen LogP) is 3.97. The second kappa shape index (κ2) is 7.27. The van der Waals surface area contributed by atoms with Gasteiger partial charge < -0.3 is 4.42 Å². The molecule has 0 spiro atoms. The minimum atomic E-state index is 0.458. The second-order valence-electron chi connectivity index (χ2n) is 5.46. The monoisotopic (exact) mass is 384 g/mol. The molecule has 7 nitrogen and oxygen atoms in total. The Bertz CT molecular complexity index is 1030. The lowest BCUT2D eigenvalue weighted by Gasteiger charge is -2.07. The van der Waals surface area contributed by atoms with Crippen molar-refractivity contribution in [3.05, 3.63) is 65.0 Å². The van der Waals surface area contributed by atoms with Crippen LogP contribution in [0.25, 0.3) is 17.1 Å². The Morgan fingerprint density at radius 2 is 1.92 bits per heavy atom. The number of hydrogen-bond donors (Lipinski definition) is 0. The maximum absolute atomic E-state index is 6.10. The average Bonchev–Trinajstić information content (AvgIpc) is 3.32. The molecule has 0 saturated heterocycles. The number of nitrogens with zero attached hydrogens (tertiary/aromatic N) is 6. The molecule has 9 heteroatoms. The highest BCUT2D eigenvalue weighted by atomic mass is 35.5. The summed E-state index contributed by atoms with van der Waals surface area (Å²) >= 11 is 7.51. The summed E-state index contributed by atoms with van der Waals surface area (Å²) in [4.78, 5) is 0. The minimum absolute atomic E-state index is 0.458. The number of tetrazole rings is 1. The van der Waals surface area contributed by atoms with E-state index in [1.54, 1.807) is 4.68 Å². The van der Waals surface area contributed by atoms with Crippen molar-refractivity contribution in [1.82, 2.24) is 30.4 Å². The maximum atomic E-state index is 6.10. The van der Waals surface area contributed by atoms with Crippen LogP contribution >= 0.6 is 23.4 Å². The van der Waals surface area contributed by atoms with Gasteiger partial charge in [-0.05, 0) is 47.2 Å². The first-order valence-electron chi connectivity index (χ1n) is 7.76. The molecule has 0 aliphatic rings. The predicted molar refractivity (Wildman–Crippen MR) is 98.2 cm³/mol. The molecule has 0 aliphatic heterocycles. The van der Waals surface area contributed by atoms with Crippen LogP contribution in [0, 0.1) is 6.92 Å². The molecule has 2 aromatic carbocycles. The average molecular weight is 385 g/mol. The van der Waals surface area contributed by atoms with E-state index in [9.17, 15) is 0 Å². The molecule has 26 heavy (non-hydrogen) atoms. The third-order valence-corrected chi connectivity index (χ3v) is 4.79. The first-order valence-corrected chi connectivity index (χ1v) is 9.12. The molecule has 0 amide bonds. The molecule has 2 aromatic heterocycles. The van der Waals surface area contributed by atoms with E-state index < -0.39 is 0 Å². The number of aryl methyl sites for hydroxylation is 1. The first kappa shape index (κ1) is 16.7. The van der Waals surface area contributed by atoms with Gasteiger partial charge in [0.25, 0.3) is 0 Å². The third-order valence-electron chi connectivity index (χ3n) is 3.65. The van der Waals surface area contributed by atoms with E-state index in [1.165, 1.54) is 11.8 Å². The van der Waals surface area contributed by atoms with Crippen molar-refractivity contribution in [2.75, 3.05) is 0 Å². The van der Waals surface area contributed by atoms with Crippen LogP contribution < -0.4 is 0 Å². The van der Waals surface area contributed by atoms with Gasteiger partial charge in [0.15, 0.2) is 0 Å². The molecule has 0 atom stereocenters. The van der Waals surface area contributed by atoms with Gasteiger partial charge in [0.1, 0.15) is 0 Å². The summed E-state index contributed by atoms with van der Waals surface area (Å²) in [7, 11) is 0. The zero-order valence-electron chi connectivity index (χ0n) is 13.7. The maximum Gasteiger partial charge on any atom is 0.247 e. The van der Waals surface area contributed by atoms with Crippen molar-refractivity contribution < 1.29 is 4.42 Å². The Hall–Kier alpha value is -2.71. The van der Waals surface area contributed by atoms with Crippen LogP contribution in [0.1, 0.15) is 11.5 Å². The molecular weight excluding hydrogens is 372 g/mol. The second-order valence-corrected chi connectivity index (χ2v) is 6.84. The summed E-state index contributed by atoms with van der Waals surface area (Å²) in [5.74, 6) is 1.46. The van der Waals surface area contributed by atoms with Crippen molar-refractivity contribution in [3.8, 4) is 17.1 Å². The molecule has 0 saturated carbocycles. The van der Waals surface area contributed by atoms with Gasteiger partial charge in [-0.15, -0.1) is 15.3 Å². The highest BCUT2D eigenvalue weighted by molar-refractivity contribution is 7.98. The topological polar surface area (TPSA) is 82.5 Å². The fourth-order valence-electron chi connectivity index (χ4n) is 2.37. The molecule has 4 aromatic rings. The molecule has 0 unspecified atom stereocenters. The standard InChI is InChI=1S/C17H13ClN6OS/c1-11-7-8-13(18)9-14(11)24-17(21-22-23-24)26-10-15-19-20-16(25-15)12-5-3-2-4-6-12/h2-9H,10H2,1H3. The quantitative estimate of drug-likeness (QED) is 0.481. The van der Waals surface area contributed by atoms with E-state index in [1.807, 2.05) is 55.5 Å². The fraction of sp³-hybridized carbons (Fsp3) is 0.118. The fourth-order valence-corrected chi connectivity index (χ4v) is 3.25. The number of aromatic nitrogens is 6. The van der Waals surface area contributed by atoms with Gasteiger partial charge in [0, 0.05) is 10.6 Å². The Morgan fingerprint density at radius 1 is 1.08 bits per heavy atom. The Balaban J connectivity index is 1.52. The lowest BCUT2D eigenvalue weighted by molar-refractivity contribution is 0.528. The zero-order chi connectivity index (χ0) is 17.9. The van der Waals surface area contributed by atoms with Gasteiger partial charge >= 0.3 is 0 Å². The normalized spacial score (nSPS) is 11.0. The SMILES string of the molecule is Cc1ccc(Cl)cc1-n1nnnc1SCc1nnc(-c2ccccc2)o1. The van der Waals surface area contributed by atoms with Crippen LogP contribution in [0.3, 0.4) is 0 Å². The Morgan fingerprint density at radius 3 is 2.77 bits per heavy atom. The third kappa shape index (κ3) is 3.47. The lowest BCUT2D eigenvalue weighted by atomic mass is 10.2. The summed E-state index contributed by atoms with van der Waals surface area (Å²) in [6.45, 7) is 1.98. The van der Waals surface area contributed by atoms with Crippen LogP contribution in [0.4, 0.5) is 0 Å². The highest BCUT2D eigenvalue weighted by Gasteiger charge is 2.14. The highest BCUT2D eigenvalue weighted by Crippen LogP contribution is 2.26. The largest absolute Gasteiger partial charge is 0.420 e. The number of halogens is 1. The van der Waals surface area contributed by atoms with Crippen LogP contribution in [0.2, 0.25) is 5.02 Å². The molecule has 130 valence electrons. The molecular formula is C17H13ClN6OS. The van der Waals surface area contributed by atoms with E-state index in [0.717, 1.165) is 16.8 Å². The first-order chi connectivity index (χ1) is 12.7. The van der Waals surface area contributed by atoms with Crippen LogP contribution in [0.15, 0.2) is 58.1 Å². The molecule has 0 aliphatic carbocycles. The molecule has 4 rings (SSSR count). The van der Waals surface area contributed by atoms with Gasteiger partial charge in [0.2, 0.25) is 16.9 Å². The summed E-state index contributed by atoms with van der Waals surface area (Å²) in [5.41, 5.74) is 2.74. The van der Waals surface area contributed by atoms with Crippen molar-refractivity contribution >= 4 is 23.4 Å². The van der Waals surface area contributed by atoms with Gasteiger partial charge in [0.05, 0.1) is 11.4 Å². The number of rotatable bonds is 5. The van der Waals surface area contributed by atoms with E-state index in [2.05, 4.69) is 25.7 Å². The van der Waals surface area contributed by atoms with Gasteiger partial charge in [-0.1, -0.05) is 47.6 Å². The van der Waals surface area contributed by atoms with E-state index in [4.69, 9.17) is 16.0 Å². The summed E-state index contributed by atoms with van der Waals surface area (Å²) in [6, 6.07) is 15.2. The molecule has 0 radical (unpaired) electrons. The Labute approximate surface area is 158 Å². The summed E-state index contributed by atoms with van der Waals surface area (Å²) in [5, 5.41) is 21.3. The number of benzene rings is 2. The van der Waals surface area contributed by atoms with Crippen LogP contribution in [0.5, 0.6) is 0 Å². The minimum Gasteiger partial charge on any atom is -0.420 e. The van der Waals surface area contributed by atoms with E-state index in [-0.39, 0.29) is 0 Å². The molecule has 2 heterocycles. The van der Waals surface area contributed by atoms with Crippen molar-refractivity contribution in [2.45, 2.75) is 17.8 Å². The summed E-state index contributed by atoms with van der Waals surface area (Å²) in [6.07, 6.45) is 0. The van der Waals surface area contributed by atoms with Gasteiger partial charge in [-0.2, -0.15) is 4.68 Å². The lowest BCUT2D eigenvalue weighted by Crippen LogP contribution is -2.01. The zero-order valence-corrected chi connectivity index (χ0v) is 15.3. The van der Waals surface area contributed by atoms with Crippen molar-refractivity contribution in [1.29, 1.82) is 0 Å². The van der Waals surface area contributed by atoms with Crippen LogP contribution in [-0.4, -0.2) is 30.4 Å². The van der Waals surface area contributed by atoms with Gasteiger partial charge in [-0.3, -0.25) is 0 Å². The van der Waals surface area contributed by atoms with E-state index in [0.29, 0.717) is 27.7 Å². The van der Waals surface area contributed by atoms with Crippen molar-refractivity contribution in [3.63, 3.8) is 0 Å². The van der Waals surface area contributed by atoms with Crippen molar-refractivity contribution in [2.24, 2.45) is 0 Å².